The molecule has 0 spiro atoms. The number of carbonyl (C=O) groups excluding carboxylic acids is 1. The van der Waals surface area contributed by atoms with Gasteiger partial charge in [-0.3, -0.25) is 4.79 Å². The van der Waals surface area contributed by atoms with Crippen molar-refractivity contribution in [2.75, 3.05) is 7.04 Å². The molecule has 58 valence electrons. The van der Waals surface area contributed by atoms with Crippen LogP contribution in [0.2, 0.25) is 0 Å². The summed E-state index contributed by atoms with van der Waals surface area (Å²) in [7, 11) is -2.65. The first-order valence-corrected chi connectivity index (χ1v) is 3.23. The molecule has 1 aromatic carbocycles. The van der Waals surface area contributed by atoms with E-state index in [1.54, 1.807) is 24.3 Å². The van der Waals surface area contributed by atoms with Crippen LogP contribution in [0.3, 0.4) is 0 Å². The van der Waals surface area contributed by atoms with E-state index >= 15 is 0 Å². The average molecular weight is 153 g/mol. The molecular weight excluding hydrogens is 140 g/mol. The van der Waals surface area contributed by atoms with Crippen LogP contribution in [0.25, 0.3) is 0 Å². The van der Waals surface area contributed by atoms with Gasteiger partial charge in [-0.05, 0) is 5.56 Å². The van der Waals surface area contributed by atoms with E-state index in [9.17, 15) is 4.79 Å². The van der Waals surface area contributed by atoms with E-state index < -0.39 is 13.0 Å². The molecule has 0 amide bonds. The van der Waals surface area contributed by atoms with Crippen LogP contribution in [-0.4, -0.2) is 13.0 Å². The Morgan fingerprint density at radius 3 is 2.91 bits per heavy atom. The molecule has 0 saturated carbocycles. The Kier molecular flexibility index (Phi) is 1.55. The lowest BCUT2D eigenvalue weighted by Crippen LogP contribution is -2.03. The number of esters is 1. The molecule has 1 aromatic rings. The number of carbonyl (C=O) groups is 1. The number of methoxy groups -OCH3 is 1. The summed E-state index contributed by atoms with van der Waals surface area (Å²) < 4.78 is 24.4. The summed E-state index contributed by atoms with van der Waals surface area (Å²) in [5, 5.41) is 0. The molecule has 0 aliphatic rings. The normalized spacial score (nSPS) is 14.4. The zero-order valence-corrected chi connectivity index (χ0v) is 5.91. The van der Waals surface area contributed by atoms with Crippen LogP contribution in [-0.2, 0) is 16.0 Å². The second-order valence-corrected chi connectivity index (χ2v) is 2.14. The number of benzene rings is 1. The second-order valence-electron chi connectivity index (χ2n) is 2.14. The average Bonchev–Trinajstić information content (AvgIpc) is 2.02. The topological polar surface area (TPSA) is 26.3 Å². The molecular formula is C9H10O2. The summed E-state index contributed by atoms with van der Waals surface area (Å²) in [5.74, 6) is -0.740. The Bertz CT molecular complexity index is 306. The predicted octanol–water partition coefficient (Wildman–Crippen LogP) is 1.40. The highest BCUT2D eigenvalue weighted by molar-refractivity contribution is 5.72. The van der Waals surface area contributed by atoms with Gasteiger partial charge in [-0.15, -0.1) is 0 Å². The van der Waals surface area contributed by atoms with Crippen LogP contribution in [0.1, 0.15) is 9.68 Å². The highest BCUT2D eigenvalue weighted by Gasteiger charge is 1.99. The smallest absolute Gasteiger partial charge is 0.309 e. The molecule has 0 N–H and O–H groups in total. The third-order valence-electron chi connectivity index (χ3n) is 1.31. The van der Waals surface area contributed by atoms with Crippen LogP contribution in [0.15, 0.2) is 30.3 Å². The molecule has 0 heterocycles. The minimum Gasteiger partial charge on any atom is -0.469 e. The van der Waals surface area contributed by atoms with E-state index in [1.807, 2.05) is 6.07 Å². The Labute approximate surface area is 70.0 Å². The summed E-state index contributed by atoms with van der Waals surface area (Å²) in [6.45, 7) is 0. The van der Waals surface area contributed by atoms with Crippen molar-refractivity contribution in [1.29, 1.82) is 0 Å². The lowest BCUT2D eigenvalue weighted by atomic mass is 10.2. The highest BCUT2D eigenvalue weighted by atomic mass is 16.5. The van der Waals surface area contributed by atoms with E-state index in [0.29, 0.717) is 0 Å². The lowest BCUT2D eigenvalue weighted by Gasteiger charge is -1.97. The minimum absolute atomic E-state index is 0.0147. The second kappa shape index (κ2) is 3.76. The SMILES string of the molecule is [2H]C([2H])([2H])OC(=O)Cc1ccccc1. The van der Waals surface area contributed by atoms with E-state index in [-0.39, 0.29) is 6.42 Å². The molecule has 2 nitrogen and oxygen atoms in total. The maximum atomic E-state index is 11.0. The maximum Gasteiger partial charge on any atom is 0.309 e. The van der Waals surface area contributed by atoms with Gasteiger partial charge in [0.1, 0.15) is 0 Å². The standard InChI is InChI=1S/C9H10O2/c1-11-9(10)7-8-5-3-2-4-6-8/h2-6H,7H2,1H3/i1D3. The van der Waals surface area contributed by atoms with Gasteiger partial charge in [0.15, 0.2) is 0 Å². The quantitative estimate of drug-likeness (QED) is 0.600. The van der Waals surface area contributed by atoms with Crippen LogP contribution in [0, 0.1) is 0 Å². The predicted molar refractivity (Wildman–Crippen MR) is 42.2 cm³/mol. The van der Waals surface area contributed by atoms with Gasteiger partial charge < -0.3 is 4.74 Å². The van der Waals surface area contributed by atoms with Crippen molar-refractivity contribution in [3.63, 3.8) is 0 Å². The fourth-order valence-corrected chi connectivity index (χ4v) is 0.799. The van der Waals surface area contributed by atoms with Gasteiger partial charge in [0, 0.05) is 0 Å². The van der Waals surface area contributed by atoms with Crippen molar-refractivity contribution in [3.05, 3.63) is 35.9 Å². The van der Waals surface area contributed by atoms with Crippen molar-refractivity contribution in [3.8, 4) is 0 Å². The first kappa shape index (κ1) is 4.54. The molecule has 0 unspecified atom stereocenters. The molecule has 1 rings (SSSR count). The highest BCUT2D eigenvalue weighted by Crippen LogP contribution is 1.99. The first-order chi connectivity index (χ1) is 6.47. The number of ether oxygens (including phenoxy) is 1. The first-order valence-electron chi connectivity index (χ1n) is 4.73. The Hall–Kier alpha value is -1.31. The van der Waals surface area contributed by atoms with Crippen LogP contribution >= 0.6 is 0 Å². The molecule has 0 aliphatic carbocycles. The minimum atomic E-state index is -2.65. The molecule has 11 heavy (non-hydrogen) atoms. The third kappa shape index (κ3) is 2.42. The summed E-state index contributed by atoms with van der Waals surface area (Å²) in [4.78, 5) is 11.0. The van der Waals surface area contributed by atoms with Crippen molar-refractivity contribution in [2.45, 2.75) is 6.42 Å². The third-order valence-corrected chi connectivity index (χ3v) is 1.31. The monoisotopic (exact) mass is 153 g/mol. The number of hydrogen-bond acceptors (Lipinski definition) is 2. The van der Waals surface area contributed by atoms with Gasteiger partial charge >= 0.3 is 5.97 Å². The van der Waals surface area contributed by atoms with Crippen molar-refractivity contribution in [2.24, 2.45) is 0 Å². The van der Waals surface area contributed by atoms with Crippen molar-refractivity contribution in [1.82, 2.24) is 0 Å². The van der Waals surface area contributed by atoms with E-state index in [0.717, 1.165) is 5.56 Å². The van der Waals surface area contributed by atoms with Gasteiger partial charge in [0.05, 0.1) is 17.6 Å². The number of hydrogen-bond donors (Lipinski definition) is 0. The zero-order valence-electron chi connectivity index (χ0n) is 8.91. The van der Waals surface area contributed by atoms with Crippen molar-refractivity contribution >= 4 is 5.97 Å². The van der Waals surface area contributed by atoms with Gasteiger partial charge in [0.2, 0.25) is 0 Å². The van der Waals surface area contributed by atoms with Gasteiger partial charge in [-0.1, -0.05) is 30.3 Å². The van der Waals surface area contributed by atoms with Gasteiger partial charge in [-0.25, -0.2) is 0 Å². The maximum absolute atomic E-state index is 11.0. The molecule has 0 aromatic heterocycles. The molecule has 2 heteroatoms. The Morgan fingerprint density at radius 1 is 1.55 bits per heavy atom. The fraction of sp³-hybridized carbons (Fsp3) is 0.222. The summed E-state index contributed by atoms with van der Waals surface area (Å²) in [6, 6.07) is 8.84. The molecule has 0 saturated heterocycles. The van der Waals surface area contributed by atoms with Crippen molar-refractivity contribution < 1.29 is 13.6 Å². The van der Waals surface area contributed by atoms with Crippen LogP contribution < -0.4 is 0 Å². The largest absolute Gasteiger partial charge is 0.469 e. The number of rotatable bonds is 2. The molecule has 0 bridgehead atoms. The summed E-state index contributed by atoms with van der Waals surface area (Å²) in [5.41, 5.74) is 0.738. The molecule has 0 aliphatic heterocycles. The van der Waals surface area contributed by atoms with Gasteiger partial charge in [0.25, 0.3) is 0 Å². The van der Waals surface area contributed by atoms with E-state index in [1.165, 1.54) is 0 Å². The molecule has 0 radical (unpaired) electrons. The summed E-state index contributed by atoms with van der Waals surface area (Å²) in [6.07, 6.45) is -0.0147. The fourth-order valence-electron chi connectivity index (χ4n) is 0.799. The Balaban J connectivity index is 2.50. The van der Waals surface area contributed by atoms with Crippen LogP contribution in [0.4, 0.5) is 0 Å². The van der Waals surface area contributed by atoms with E-state index in [4.69, 9.17) is 4.11 Å². The summed E-state index contributed by atoms with van der Waals surface area (Å²) >= 11 is 0. The Morgan fingerprint density at radius 2 is 2.27 bits per heavy atom. The van der Waals surface area contributed by atoms with Gasteiger partial charge in [-0.2, -0.15) is 0 Å². The molecule has 0 atom stereocenters. The lowest BCUT2D eigenvalue weighted by molar-refractivity contribution is -0.139. The van der Waals surface area contributed by atoms with Crippen LogP contribution in [0.5, 0.6) is 0 Å². The zero-order chi connectivity index (χ0) is 10.6. The van der Waals surface area contributed by atoms with E-state index in [2.05, 4.69) is 4.74 Å². The molecule has 0 fully saturated rings.